The van der Waals surface area contributed by atoms with E-state index in [1.54, 1.807) is 31.2 Å². The summed E-state index contributed by atoms with van der Waals surface area (Å²) in [6.07, 6.45) is 0. The molecular formula is C12H16N4O3. The summed E-state index contributed by atoms with van der Waals surface area (Å²) < 4.78 is 5.18. The lowest BCUT2D eigenvalue weighted by atomic mass is 9.91. The number of nitrogens with zero attached hydrogens (tertiary/aromatic N) is 3. The predicted molar refractivity (Wildman–Crippen MR) is 70.0 cm³/mol. The van der Waals surface area contributed by atoms with E-state index in [1.807, 2.05) is 0 Å². The van der Waals surface area contributed by atoms with E-state index in [4.69, 9.17) is 10.3 Å². The van der Waals surface area contributed by atoms with Crippen molar-refractivity contribution in [1.29, 1.82) is 0 Å². The molecule has 0 spiro atoms. The Kier molecular flexibility index (Phi) is 5.17. The van der Waals surface area contributed by atoms with Gasteiger partial charge in [0.05, 0.1) is 7.11 Å². The highest BCUT2D eigenvalue weighted by atomic mass is 16.5. The average Bonchev–Trinajstić information content (AvgIpc) is 2.43. The molecule has 19 heavy (non-hydrogen) atoms. The normalized spacial score (nSPS) is 13.2. The van der Waals surface area contributed by atoms with Crippen LogP contribution >= 0.6 is 0 Å². The Morgan fingerprint density at radius 3 is 2.84 bits per heavy atom. The van der Waals surface area contributed by atoms with E-state index in [9.17, 15) is 9.90 Å². The van der Waals surface area contributed by atoms with Crippen molar-refractivity contribution in [3.8, 4) is 5.75 Å². The molecule has 0 saturated carbocycles. The Balaban J connectivity index is 3.04. The van der Waals surface area contributed by atoms with Gasteiger partial charge >= 0.3 is 5.97 Å². The molecule has 0 aliphatic heterocycles. The molecule has 2 N–H and O–H groups in total. The standard InChI is InChI=1S/C12H16N4O3/c1-12(11(17)18,14-7-8-15-16-13)9-5-3-4-6-10(9)19-2/h3-6,14H,7-8H2,1-2H3,(H,17,18). The van der Waals surface area contributed by atoms with Crippen LogP contribution < -0.4 is 10.1 Å². The minimum absolute atomic E-state index is 0.175. The number of carboxylic acids is 1. The molecule has 0 amide bonds. The van der Waals surface area contributed by atoms with Crippen molar-refractivity contribution in [2.24, 2.45) is 5.11 Å². The lowest BCUT2D eigenvalue weighted by molar-refractivity contribution is -0.144. The van der Waals surface area contributed by atoms with Crippen LogP contribution in [0.1, 0.15) is 12.5 Å². The zero-order valence-corrected chi connectivity index (χ0v) is 10.8. The first-order chi connectivity index (χ1) is 9.06. The van der Waals surface area contributed by atoms with Gasteiger partial charge in [0.25, 0.3) is 0 Å². The molecule has 0 bridgehead atoms. The summed E-state index contributed by atoms with van der Waals surface area (Å²) in [6, 6.07) is 6.90. The lowest BCUT2D eigenvalue weighted by Crippen LogP contribution is -2.47. The van der Waals surface area contributed by atoms with Crippen molar-refractivity contribution in [1.82, 2.24) is 5.32 Å². The van der Waals surface area contributed by atoms with Gasteiger partial charge < -0.3 is 9.84 Å². The van der Waals surface area contributed by atoms with Gasteiger partial charge in [0.2, 0.25) is 0 Å². The van der Waals surface area contributed by atoms with Gasteiger partial charge in [-0.05, 0) is 18.5 Å². The number of nitrogens with one attached hydrogen (secondary N) is 1. The van der Waals surface area contributed by atoms with Gasteiger partial charge in [0, 0.05) is 23.6 Å². The summed E-state index contributed by atoms with van der Waals surface area (Å²) in [4.78, 5) is 14.2. The van der Waals surface area contributed by atoms with Crippen molar-refractivity contribution in [3.05, 3.63) is 40.3 Å². The van der Waals surface area contributed by atoms with Gasteiger partial charge in [-0.2, -0.15) is 0 Å². The molecule has 1 aromatic rings. The van der Waals surface area contributed by atoms with E-state index >= 15 is 0 Å². The van der Waals surface area contributed by atoms with Gasteiger partial charge in [-0.25, -0.2) is 4.79 Å². The fraction of sp³-hybridized carbons (Fsp3) is 0.417. The van der Waals surface area contributed by atoms with Gasteiger partial charge in [-0.1, -0.05) is 23.3 Å². The zero-order valence-electron chi connectivity index (χ0n) is 10.8. The van der Waals surface area contributed by atoms with Crippen LogP contribution in [0.4, 0.5) is 0 Å². The molecule has 1 unspecified atom stereocenters. The summed E-state index contributed by atoms with van der Waals surface area (Å²) in [6.45, 7) is 1.97. The van der Waals surface area contributed by atoms with E-state index in [2.05, 4.69) is 15.3 Å². The van der Waals surface area contributed by atoms with Crippen molar-refractivity contribution in [2.45, 2.75) is 12.5 Å². The first-order valence-corrected chi connectivity index (χ1v) is 5.69. The SMILES string of the molecule is COc1ccccc1C(C)(NCCN=[N+]=[N-])C(=O)O. The number of carboxylic acid groups (broad SMARTS) is 1. The molecular weight excluding hydrogens is 248 g/mol. The van der Waals surface area contributed by atoms with Crippen LogP contribution in [0.15, 0.2) is 29.4 Å². The largest absolute Gasteiger partial charge is 0.496 e. The molecule has 0 aliphatic rings. The molecule has 102 valence electrons. The summed E-state index contributed by atoms with van der Waals surface area (Å²) in [5, 5.41) is 15.7. The van der Waals surface area contributed by atoms with E-state index < -0.39 is 11.5 Å². The summed E-state index contributed by atoms with van der Waals surface area (Å²) >= 11 is 0. The second-order valence-corrected chi connectivity index (χ2v) is 4.01. The molecule has 1 atom stereocenters. The van der Waals surface area contributed by atoms with Crippen LogP contribution in [0.5, 0.6) is 5.75 Å². The van der Waals surface area contributed by atoms with Crippen molar-refractivity contribution in [3.63, 3.8) is 0 Å². The number of aliphatic carboxylic acids is 1. The number of para-hydroxylation sites is 1. The first kappa shape index (κ1) is 14.8. The number of benzene rings is 1. The average molecular weight is 264 g/mol. The molecule has 7 nitrogen and oxygen atoms in total. The Morgan fingerprint density at radius 1 is 1.58 bits per heavy atom. The Hall–Kier alpha value is -2.24. The maximum Gasteiger partial charge on any atom is 0.328 e. The predicted octanol–water partition coefficient (Wildman–Crippen LogP) is 1.89. The monoisotopic (exact) mass is 264 g/mol. The number of hydrogen-bond acceptors (Lipinski definition) is 4. The van der Waals surface area contributed by atoms with Crippen molar-refractivity contribution >= 4 is 5.97 Å². The van der Waals surface area contributed by atoms with Crippen LogP contribution in [-0.2, 0) is 10.3 Å². The highest BCUT2D eigenvalue weighted by Crippen LogP contribution is 2.29. The van der Waals surface area contributed by atoms with Crippen LogP contribution in [0.2, 0.25) is 0 Å². The van der Waals surface area contributed by atoms with Crippen LogP contribution in [0.3, 0.4) is 0 Å². The smallest absolute Gasteiger partial charge is 0.328 e. The van der Waals surface area contributed by atoms with E-state index in [-0.39, 0.29) is 13.1 Å². The molecule has 1 aromatic carbocycles. The quantitative estimate of drug-likeness (QED) is 0.339. The number of azide groups is 1. The van der Waals surface area contributed by atoms with E-state index in [0.717, 1.165) is 0 Å². The second kappa shape index (κ2) is 6.63. The fourth-order valence-corrected chi connectivity index (χ4v) is 1.74. The molecule has 0 aliphatic carbocycles. The molecule has 0 aromatic heterocycles. The van der Waals surface area contributed by atoms with Crippen LogP contribution in [0.25, 0.3) is 10.4 Å². The third-order valence-corrected chi connectivity index (χ3v) is 2.83. The number of ether oxygens (including phenoxy) is 1. The molecule has 0 fully saturated rings. The van der Waals surface area contributed by atoms with Crippen molar-refractivity contribution in [2.75, 3.05) is 20.2 Å². The third kappa shape index (κ3) is 3.37. The first-order valence-electron chi connectivity index (χ1n) is 5.69. The second-order valence-electron chi connectivity index (χ2n) is 4.01. The molecule has 7 heteroatoms. The summed E-state index contributed by atoms with van der Waals surface area (Å²) in [7, 11) is 1.49. The molecule has 0 radical (unpaired) electrons. The van der Waals surface area contributed by atoms with Gasteiger partial charge in [-0.3, -0.25) is 5.32 Å². The van der Waals surface area contributed by atoms with Crippen LogP contribution in [-0.4, -0.2) is 31.3 Å². The summed E-state index contributed by atoms with van der Waals surface area (Å²) in [5.74, 6) is -0.540. The zero-order chi connectivity index (χ0) is 14.3. The minimum atomic E-state index is -1.31. The van der Waals surface area contributed by atoms with Crippen LogP contribution in [0, 0.1) is 0 Å². The highest BCUT2D eigenvalue weighted by Gasteiger charge is 2.36. The Labute approximate surface area is 110 Å². The molecule has 0 saturated heterocycles. The highest BCUT2D eigenvalue weighted by molar-refractivity contribution is 5.81. The number of hydrogen-bond donors (Lipinski definition) is 2. The Bertz CT molecular complexity index is 500. The maximum absolute atomic E-state index is 11.5. The summed E-state index contributed by atoms with van der Waals surface area (Å²) in [5.41, 5.74) is 7.41. The molecule has 0 heterocycles. The number of rotatable bonds is 7. The van der Waals surface area contributed by atoms with Crippen molar-refractivity contribution < 1.29 is 14.6 Å². The maximum atomic E-state index is 11.5. The third-order valence-electron chi connectivity index (χ3n) is 2.83. The fourth-order valence-electron chi connectivity index (χ4n) is 1.74. The molecule has 1 rings (SSSR count). The Morgan fingerprint density at radius 2 is 2.26 bits per heavy atom. The topological polar surface area (TPSA) is 107 Å². The van der Waals surface area contributed by atoms with Gasteiger partial charge in [0.15, 0.2) is 0 Å². The minimum Gasteiger partial charge on any atom is -0.496 e. The van der Waals surface area contributed by atoms with Gasteiger partial charge in [0.1, 0.15) is 11.3 Å². The van der Waals surface area contributed by atoms with E-state index in [0.29, 0.717) is 11.3 Å². The lowest BCUT2D eigenvalue weighted by Gasteiger charge is -2.28. The van der Waals surface area contributed by atoms with E-state index in [1.165, 1.54) is 7.11 Å². The van der Waals surface area contributed by atoms with Gasteiger partial charge in [-0.15, -0.1) is 0 Å². The number of carbonyl (C=O) groups is 1. The number of methoxy groups -OCH3 is 1.